The molecule has 1 aromatic carbocycles. The molecule has 1 N–H and O–H groups in total. The smallest absolute Gasteiger partial charge is 0.229 e. The largest absolute Gasteiger partial charge is 0.386 e. The van der Waals surface area contributed by atoms with E-state index in [1.54, 1.807) is 31.1 Å². The molecule has 0 saturated heterocycles. The first kappa shape index (κ1) is 14.1. The third-order valence-corrected chi connectivity index (χ3v) is 3.22. The first-order valence-corrected chi connectivity index (χ1v) is 6.08. The van der Waals surface area contributed by atoms with Crippen molar-refractivity contribution in [3.8, 4) is 0 Å². The Bertz CT molecular complexity index is 433. The fourth-order valence-corrected chi connectivity index (χ4v) is 1.84. The lowest BCUT2D eigenvalue weighted by molar-refractivity contribution is -0.121. The Balaban J connectivity index is 3.21. The van der Waals surface area contributed by atoms with Crippen LogP contribution in [0.25, 0.3) is 0 Å². The molecular weight excluding hydrogens is 259 g/mol. The molecule has 0 aliphatic heterocycles. The van der Waals surface area contributed by atoms with Crippen molar-refractivity contribution >= 4 is 40.5 Å². The molecule has 0 aliphatic rings. The van der Waals surface area contributed by atoms with Crippen molar-refractivity contribution in [3.63, 3.8) is 0 Å². The van der Waals surface area contributed by atoms with E-state index in [1.165, 1.54) is 0 Å². The van der Waals surface area contributed by atoms with Crippen LogP contribution in [-0.4, -0.2) is 20.0 Å². The van der Waals surface area contributed by atoms with Gasteiger partial charge in [0.1, 0.15) is 0 Å². The van der Waals surface area contributed by atoms with Gasteiger partial charge in [-0.05, 0) is 12.1 Å². The van der Waals surface area contributed by atoms with Crippen LogP contribution < -0.4 is 10.2 Å². The van der Waals surface area contributed by atoms with Gasteiger partial charge in [0.05, 0.1) is 21.4 Å². The second kappa shape index (κ2) is 5.61. The van der Waals surface area contributed by atoms with Gasteiger partial charge in [-0.15, -0.1) is 0 Å². The number of carbonyl (C=O) groups is 1. The van der Waals surface area contributed by atoms with Crippen LogP contribution in [0.3, 0.4) is 0 Å². The Hall–Kier alpha value is -0.930. The molecule has 0 fully saturated rings. The molecule has 1 amide bonds. The summed E-state index contributed by atoms with van der Waals surface area (Å²) in [5, 5.41) is 3.90. The zero-order valence-electron chi connectivity index (χ0n) is 10.3. The van der Waals surface area contributed by atoms with Crippen LogP contribution in [0.5, 0.6) is 0 Å². The van der Waals surface area contributed by atoms with E-state index >= 15 is 0 Å². The molecule has 0 aliphatic carbocycles. The molecular formula is C12H16Cl2N2O. The Labute approximate surface area is 112 Å². The van der Waals surface area contributed by atoms with Gasteiger partial charge in [0.15, 0.2) is 0 Å². The number of anilines is 2. The Morgan fingerprint density at radius 1 is 1.29 bits per heavy atom. The zero-order valence-corrected chi connectivity index (χ0v) is 11.9. The van der Waals surface area contributed by atoms with Crippen LogP contribution in [0.1, 0.15) is 13.8 Å². The molecule has 0 saturated carbocycles. The summed E-state index contributed by atoms with van der Waals surface area (Å²) >= 11 is 11.9. The zero-order chi connectivity index (χ0) is 13.2. The predicted octanol–water partition coefficient (Wildman–Crippen LogP) is 3.65. The molecule has 1 rings (SSSR count). The molecule has 0 unspecified atom stereocenters. The summed E-state index contributed by atoms with van der Waals surface area (Å²) in [5.74, 6) is -0.0425. The average Bonchev–Trinajstić information content (AvgIpc) is 2.29. The lowest BCUT2D eigenvalue weighted by Crippen LogP contribution is -2.30. The summed E-state index contributed by atoms with van der Waals surface area (Å²) in [4.78, 5) is 13.5. The van der Waals surface area contributed by atoms with Gasteiger partial charge in [-0.25, -0.2) is 0 Å². The monoisotopic (exact) mass is 274 g/mol. The Morgan fingerprint density at radius 3 is 2.29 bits per heavy atom. The van der Waals surface area contributed by atoms with E-state index in [1.807, 2.05) is 13.8 Å². The Morgan fingerprint density at radius 2 is 1.82 bits per heavy atom. The van der Waals surface area contributed by atoms with E-state index in [2.05, 4.69) is 5.32 Å². The van der Waals surface area contributed by atoms with E-state index in [0.29, 0.717) is 10.0 Å². The van der Waals surface area contributed by atoms with Gasteiger partial charge < -0.3 is 10.2 Å². The first-order chi connectivity index (χ1) is 7.88. The van der Waals surface area contributed by atoms with Crippen molar-refractivity contribution in [2.24, 2.45) is 5.92 Å². The number of nitrogens with zero attached hydrogens (tertiary/aromatic N) is 1. The van der Waals surface area contributed by atoms with Crippen molar-refractivity contribution in [2.75, 3.05) is 24.3 Å². The van der Waals surface area contributed by atoms with Gasteiger partial charge in [-0.3, -0.25) is 4.79 Å². The normalized spacial score (nSPS) is 10.5. The lowest BCUT2D eigenvalue weighted by Gasteiger charge is -2.23. The number of amides is 1. The quantitative estimate of drug-likeness (QED) is 0.913. The maximum absolute atomic E-state index is 11.9. The highest BCUT2D eigenvalue weighted by Crippen LogP contribution is 2.34. The number of rotatable bonds is 3. The second-order valence-electron chi connectivity index (χ2n) is 4.09. The number of benzene rings is 1. The highest BCUT2D eigenvalue weighted by Gasteiger charge is 2.18. The van der Waals surface area contributed by atoms with Crippen molar-refractivity contribution in [1.29, 1.82) is 0 Å². The van der Waals surface area contributed by atoms with E-state index in [4.69, 9.17) is 23.2 Å². The maximum Gasteiger partial charge on any atom is 0.229 e. The topological polar surface area (TPSA) is 32.3 Å². The van der Waals surface area contributed by atoms with Crippen LogP contribution in [0.4, 0.5) is 11.4 Å². The minimum atomic E-state index is -0.0702. The summed E-state index contributed by atoms with van der Waals surface area (Å²) in [6.07, 6.45) is 0. The second-order valence-corrected chi connectivity index (χ2v) is 4.90. The molecule has 0 atom stereocenters. The molecule has 0 bridgehead atoms. The summed E-state index contributed by atoms with van der Waals surface area (Å²) in [6, 6.07) is 3.40. The molecule has 3 nitrogen and oxygen atoms in total. The predicted molar refractivity (Wildman–Crippen MR) is 74.3 cm³/mol. The van der Waals surface area contributed by atoms with Crippen LogP contribution >= 0.6 is 23.2 Å². The summed E-state index contributed by atoms with van der Waals surface area (Å²) in [7, 11) is 3.50. The van der Waals surface area contributed by atoms with E-state index in [0.717, 1.165) is 11.4 Å². The molecule has 1 aromatic rings. The van der Waals surface area contributed by atoms with Gasteiger partial charge in [0, 0.05) is 20.0 Å². The van der Waals surface area contributed by atoms with Gasteiger partial charge >= 0.3 is 0 Å². The molecule has 0 spiro atoms. The van der Waals surface area contributed by atoms with Gasteiger partial charge in [-0.1, -0.05) is 37.0 Å². The van der Waals surface area contributed by atoms with E-state index in [-0.39, 0.29) is 11.8 Å². The summed E-state index contributed by atoms with van der Waals surface area (Å²) in [5.41, 5.74) is 1.50. The van der Waals surface area contributed by atoms with E-state index < -0.39 is 0 Å². The minimum Gasteiger partial charge on any atom is -0.386 e. The fourth-order valence-electron chi connectivity index (χ4n) is 1.52. The maximum atomic E-state index is 11.9. The van der Waals surface area contributed by atoms with Gasteiger partial charge in [0.2, 0.25) is 5.91 Å². The molecule has 5 heteroatoms. The van der Waals surface area contributed by atoms with E-state index in [9.17, 15) is 4.79 Å². The number of hydrogen-bond acceptors (Lipinski definition) is 2. The van der Waals surface area contributed by atoms with Crippen LogP contribution in [0.15, 0.2) is 12.1 Å². The standard InChI is InChI=1S/C12H16Cl2N2O/c1-7(2)12(17)16(4)11-6-9(14)8(13)5-10(11)15-3/h5-7,15H,1-4H3. The molecule has 0 heterocycles. The number of hydrogen-bond donors (Lipinski definition) is 1. The molecule has 0 aromatic heterocycles. The van der Waals surface area contributed by atoms with Crippen molar-refractivity contribution in [1.82, 2.24) is 0 Å². The highest BCUT2D eigenvalue weighted by atomic mass is 35.5. The SMILES string of the molecule is CNc1cc(Cl)c(Cl)cc1N(C)C(=O)C(C)C. The third-order valence-electron chi connectivity index (χ3n) is 2.49. The van der Waals surface area contributed by atoms with Crippen LogP contribution in [0, 0.1) is 5.92 Å². The van der Waals surface area contributed by atoms with Crippen LogP contribution in [-0.2, 0) is 4.79 Å². The number of nitrogens with one attached hydrogen (secondary N) is 1. The first-order valence-electron chi connectivity index (χ1n) is 5.32. The van der Waals surface area contributed by atoms with Crippen molar-refractivity contribution in [2.45, 2.75) is 13.8 Å². The summed E-state index contributed by atoms with van der Waals surface area (Å²) in [6.45, 7) is 3.71. The molecule has 94 valence electrons. The number of carbonyl (C=O) groups excluding carboxylic acids is 1. The van der Waals surface area contributed by atoms with Crippen molar-refractivity contribution in [3.05, 3.63) is 22.2 Å². The molecule has 17 heavy (non-hydrogen) atoms. The third kappa shape index (κ3) is 3.05. The van der Waals surface area contributed by atoms with Crippen LogP contribution in [0.2, 0.25) is 10.0 Å². The average molecular weight is 275 g/mol. The van der Waals surface area contributed by atoms with Crippen molar-refractivity contribution < 1.29 is 4.79 Å². The fraction of sp³-hybridized carbons (Fsp3) is 0.417. The molecule has 0 radical (unpaired) electrons. The highest BCUT2D eigenvalue weighted by molar-refractivity contribution is 6.42. The minimum absolute atomic E-state index is 0.0277. The summed E-state index contributed by atoms with van der Waals surface area (Å²) < 4.78 is 0. The lowest BCUT2D eigenvalue weighted by atomic mass is 10.1. The van der Waals surface area contributed by atoms with Gasteiger partial charge in [0.25, 0.3) is 0 Å². The van der Waals surface area contributed by atoms with Gasteiger partial charge in [-0.2, -0.15) is 0 Å². The Kier molecular flexibility index (Phi) is 4.66. The number of halogens is 2.